The SMILES string of the molecule is CC(C)c1nc(Cc2ccccc2N)nn1C. The van der Waals surface area contributed by atoms with E-state index in [0.717, 1.165) is 22.9 Å². The number of nitrogen functional groups attached to an aromatic ring is 1. The van der Waals surface area contributed by atoms with E-state index in [1.807, 2.05) is 36.0 Å². The number of nitrogens with zero attached hydrogens (tertiary/aromatic N) is 3. The van der Waals surface area contributed by atoms with Crippen LogP contribution in [-0.4, -0.2) is 14.8 Å². The fourth-order valence-electron chi connectivity index (χ4n) is 1.89. The van der Waals surface area contributed by atoms with Gasteiger partial charge in [-0.25, -0.2) is 4.98 Å². The highest BCUT2D eigenvalue weighted by Gasteiger charge is 2.11. The quantitative estimate of drug-likeness (QED) is 0.822. The van der Waals surface area contributed by atoms with Gasteiger partial charge in [0.25, 0.3) is 0 Å². The second-order valence-corrected chi connectivity index (χ2v) is 4.54. The van der Waals surface area contributed by atoms with Crippen LogP contribution >= 0.6 is 0 Å². The van der Waals surface area contributed by atoms with E-state index in [1.165, 1.54) is 0 Å². The van der Waals surface area contributed by atoms with Gasteiger partial charge in [0.15, 0.2) is 5.82 Å². The van der Waals surface area contributed by atoms with E-state index in [-0.39, 0.29) is 0 Å². The van der Waals surface area contributed by atoms with Crippen molar-refractivity contribution in [3.8, 4) is 0 Å². The molecule has 2 N–H and O–H groups in total. The molecule has 0 saturated carbocycles. The average molecular weight is 230 g/mol. The summed E-state index contributed by atoms with van der Waals surface area (Å²) in [5, 5.41) is 4.42. The topological polar surface area (TPSA) is 56.7 Å². The van der Waals surface area contributed by atoms with Crippen LogP contribution in [0.1, 0.15) is 37.0 Å². The molecule has 17 heavy (non-hydrogen) atoms. The lowest BCUT2D eigenvalue weighted by Gasteiger charge is -2.01. The summed E-state index contributed by atoms with van der Waals surface area (Å²) in [4.78, 5) is 4.54. The summed E-state index contributed by atoms with van der Waals surface area (Å²) >= 11 is 0. The molecule has 0 bridgehead atoms. The van der Waals surface area contributed by atoms with Crippen molar-refractivity contribution in [2.24, 2.45) is 7.05 Å². The molecular weight excluding hydrogens is 212 g/mol. The van der Waals surface area contributed by atoms with Crippen molar-refractivity contribution in [3.05, 3.63) is 41.5 Å². The highest BCUT2D eigenvalue weighted by atomic mass is 15.3. The summed E-state index contributed by atoms with van der Waals surface area (Å²) in [6, 6.07) is 7.84. The minimum absolute atomic E-state index is 0.384. The fourth-order valence-corrected chi connectivity index (χ4v) is 1.89. The highest BCUT2D eigenvalue weighted by Crippen LogP contribution is 2.16. The minimum Gasteiger partial charge on any atom is -0.398 e. The van der Waals surface area contributed by atoms with Gasteiger partial charge in [0.05, 0.1) is 0 Å². The molecule has 0 radical (unpaired) electrons. The lowest BCUT2D eigenvalue weighted by Crippen LogP contribution is -2.00. The number of para-hydroxylation sites is 1. The van der Waals surface area contributed by atoms with E-state index >= 15 is 0 Å². The Bertz CT molecular complexity index is 514. The van der Waals surface area contributed by atoms with Gasteiger partial charge in [-0.15, -0.1) is 0 Å². The standard InChI is InChI=1S/C13H18N4/c1-9(2)13-15-12(16-17(13)3)8-10-6-4-5-7-11(10)14/h4-7,9H,8,14H2,1-3H3. The molecule has 0 aliphatic rings. The molecule has 90 valence electrons. The number of hydrogen-bond acceptors (Lipinski definition) is 3. The van der Waals surface area contributed by atoms with Crippen molar-refractivity contribution in [2.75, 3.05) is 5.73 Å². The van der Waals surface area contributed by atoms with Gasteiger partial charge >= 0.3 is 0 Å². The average Bonchev–Trinajstić information content (AvgIpc) is 2.63. The zero-order chi connectivity index (χ0) is 12.4. The minimum atomic E-state index is 0.384. The Morgan fingerprint density at radius 2 is 2.00 bits per heavy atom. The van der Waals surface area contributed by atoms with E-state index in [0.29, 0.717) is 12.3 Å². The smallest absolute Gasteiger partial charge is 0.155 e. The van der Waals surface area contributed by atoms with Crippen molar-refractivity contribution < 1.29 is 0 Å². The van der Waals surface area contributed by atoms with E-state index < -0.39 is 0 Å². The number of aryl methyl sites for hydroxylation is 1. The number of nitrogens with two attached hydrogens (primary N) is 1. The normalized spacial score (nSPS) is 11.1. The molecule has 1 aromatic carbocycles. The Morgan fingerprint density at radius 3 is 2.59 bits per heavy atom. The predicted octanol–water partition coefficient (Wildman–Crippen LogP) is 2.11. The van der Waals surface area contributed by atoms with Gasteiger partial charge < -0.3 is 5.73 Å². The maximum absolute atomic E-state index is 5.91. The van der Waals surface area contributed by atoms with Gasteiger partial charge in [-0.2, -0.15) is 5.10 Å². The molecule has 0 unspecified atom stereocenters. The maximum Gasteiger partial charge on any atom is 0.155 e. The Balaban J connectivity index is 2.25. The van der Waals surface area contributed by atoms with Crippen LogP contribution in [0.3, 0.4) is 0 Å². The van der Waals surface area contributed by atoms with Gasteiger partial charge in [0.2, 0.25) is 0 Å². The Labute approximate surface area is 101 Å². The maximum atomic E-state index is 5.91. The van der Waals surface area contributed by atoms with Crippen molar-refractivity contribution in [3.63, 3.8) is 0 Å². The Morgan fingerprint density at radius 1 is 1.29 bits per heavy atom. The molecule has 2 rings (SSSR count). The second-order valence-electron chi connectivity index (χ2n) is 4.54. The summed E-state index contributed by atoms with van der Waals surface area (Å²) in [7, 11) is 1.93. The molecule has 1 aromatic heterocycles. The number of rotatable bonds is 3. The zero-order valence-corrected chi connectivity index (χ0v) is 10.5. The predicted molar refractivity (Wildman–Crippen MR) is 68.8 cm³/mol. The summed E-state index contributed by atoms with van der Waals surface area (Å²) in [5.74, 6) is 2.22. The van der Waals surface area contributed by atoms with Crippen LogP contribution in [0, 0.1) is 0 Å². The van der Waals surface area contributed by atoms with Gasteiger partial charge in [-0.1, -0.05) is 32.0 Å². The van der Waals surface area contributed by atoms with Crippen LogP contribution < -0.4 is 5.73 Å². The molecule has 0 amide bonds. The molecule has 4 heteroatoms. The van der Waals surface area contributed by atoms with Crippen LogP contribution in [0.2, 0.25) is 0 Å². The summed E-state index contributed by atoms with van der Waals surface area (Å²) in [6.45, 7) is 4.23. The molecular formula is C13H18N4. The van der Waals surface area contributed by atoms with Crippen molar-refractivity contribution in [1.82, 2.24) is 14.8 Å². The summed E-state index contributed by atoms with van der Waals surface area (Å²) < 4.78 is 1.85. The summed E-state index contributed by atoms with van der Waals surface area (Å²) in [5.41, 5.74) is 7.79. The second kappa shape index (κ2) is 4.57. The third-order valence-electron chi connectivity index (χ3n) is 2.76. The van der Waals surface area contributed by atoms with Gasteiger partial charge in [-0.05, 0) is 11.6 Å². The third-order valence-corrected chi connectivity index (χ3v) is 2.76. The molecule has 4 nitrogen and oxygen atoms in total. The van der Waals surface area contributed by atoms with E-state index in [1.54, 1.807) is 0 Å². The van der Waals surface area contributed by atoms with Gasteiger partial charge in [-0.3, -0.25) is 4.68 Å². The molecule has 0 atom stereocenters. The van der Waals surface area contributed by atoms with Crippen LogP contribution in [0.15, 0.2) is 24.3 Å². The molecule has 0 aliphatic heterocycles. The van der Waals surface area contributed by atoms with E-state index in [2.05, 4.69) is 23.9 Å². The van der Waals surface area contributed by atoms with Gasteiger partial charge in [0.1, 0.15) is 5.82 Å². The first kappa shape index (κ1) is 11.6. The first-order chi connectivity index (χ1) is 8.08. The lowest BCUT2D eigenvalue weighted by atomic mass is 10.1. The van der Waals surface area contributed by atoms with Gasteiger partial charge in [0, 0.05) is 25.1 Å². The number of aromatic nitrogens is 3. The van der Waals surface area contributed by atoms with Crippen LogP contribution in [0.25, 0.3) is 0 Å². The van der Waals surface area contributed by atoms with Crippen LogP contribution in [0.4, 0.5) is 5.69 Å². The van der Waals surface area contributed by atoms with Crippen LogP contribution in [0.5, 0.6) is 0 Å². The molecule has 2 aromatic rings. The Hall–Kier alpha value is -1.84. The molecule has 0 saturated heterocycles. The largest absolute Gasteiger partial charge is 0.398 e. The number of benzene rings is 1. The molecule has 1 heterocycles. The first-order valence-electron chi connectivity index (χ1n) is 5.81. The monoisotopic (exact) mass is 230 g/mol. The first-order valence-corrected chi connectivity index (χ1v) is 5.81. The third kappa shape index (κ3) is 2.46. The lowest BCUT2D eigenvalue weighted by molar-refractivity contribution is 0.653. The fraction of sp³-hybridized carbons (Fsp3) is 0.385. The molecule has 0 aliphatic carbocycles. The number of hydrogen-bond donors (Lipinski definition) is 1. The van der Waals surface area contributed by atoms with Crippen LogP contribution in [-0.2, 0) is 13.5 Å². The van der Waals surface area contributed by atoms with Crippen molar-refractivity contribution >= 4 is 5.69 Å². The van der Waals surface area contributed by atoms with E-state index in [9.17, 15) is 0 Å². The summed E-state index contributed by atoms with van der Waals surface area (Å²) in [6.07, 6.45) is 0.688. The van der Waals surface area contributed by atoms with Crippen molar-refractivity contribution in [1.29, 1.82) is 0 Å². The van der Waals surface area contributed by atoms with E-state index in [4.69, 9.17) is 5.73 Å². The molecule has 0 spiro atoms. The number of anilines is 1. The molecule has 0 fully saturated rings. The zero-order valence-electron chi connectivity index (χ0n) is 10.5. The van der Waals surface area contributed by atoms with Crippen molar-refractivity contribution in [2.45, 2.75) is 26.2 Å². The highest BCUT2D eigenvalue weighted by molar-refractivity contribution is 5.47. The Kier molecular flexibility index (Phi) is 3.13.